The van der Waals surface area contributed by atoms with E-state index in [2.05, 4.69) is 5.32 Å². The fraction of sp³-hybridized carbons (Fsp3) is 0.538. The van der Waals surface area contributed by atoms with Crippen molar-refractivity contribution in [3.8, 4) is 0 Å². The van der Waals surface area contributed by atoms with Crippen LogP contribution in [0.4, 0.5) is 20.2 Å². The third kappa shape index (κ3) is 3.41. The molecule has 1 aromatic rings. The number of nitrogens with one attached hydrogen (secondary N) is 1. The Kier molecular flexibility index (Phi) is 4.49. The smallest absolute Gasteiger partial charge is 0.270 e. The van der Waals surface area contributed by atoms with Gasteiger partial charge in [0.15, 0.2) is 0 Å². The van der Waals surface area contributed by atoms with Crippen LogP contribution in [-0.4, -0.2) is 17.0 Å². The van der Waals surface area contributed by atoms with Gasteiger partial charge in [-0.2, -0.15) is 0 Å². The van der Waals surface area contributed by atoms with Gasteiger partial charge in [0.05, 0.1) is 4.92 Å². The second-order valence-electron chi connectivity index (χ2n) is 5.09. The van der Waals surface area contributed by atoms with Crippen LogP contribution in [0.25, 0.3) is 0 Å². The standard InChI is InChI=1S/C13H17F2N3O2/c14-13(15)11-7-10(18(19)20)5-6-12(11)17-9-3-1-8(16)2-4-9/h5-9,13,17H,1-4,16H2. The summed E-state index contributed by atoms with van der Waals surface area (Å²) < 4.78 is 26.0. The van der Waals surface area contributed by atoms with E-state index >= 15 is 0 Å². The van der Waals surface area contributed by atoms with Gasteiger partial charge in [0, 0.05) is 35.5 Å². The van der Waals surface area contributed by atoms with Crippen LogP contribution in [0.5, 0.6) is 0 Å². The second kappa shape index (κ2) is 6.13. The summed E-state index contributed by atoms with van der Waals surface area (Å²) in [7, 11) is 0. The molecule has 0 radical (unpaired) electrons. The maximum absolute atomic E-state index is 13.0. The van der Waals surface area contributed by atoms with Crippen molar-refractivity contribution in [1.29, 1.82) is 0 Å². The number of nitrogens with zero attached hydrogens (tertiary/aromatic N) is 1. The Labute approximate surface area is 115 Å². The summed E-state index contributed by atoms with van der Waals surface area (Å²) in [5, 5.41) is 13.7. The zero-order valence-electron chi connectivity index (χ0n) is 10.9. The number of benzene rings is 1. The molecule has 3 N–H and O–H groups in total. The first-order valence-electron chi connectivity index (χ1n) is 6.56. The summed E-state index contributed by atoms with van der Waals surface area (Å²) in [6, 6.07) is 3.80. The number of halogens is 2. The SMILES string of the molecule is NC1CCC(Nc2ccc([N+](=O)[O-])cc2C(F)F)CC1. The van der Waals surface area contributed by atoms with E-state index in [9.17, 15) is 18.9 Å². The summed E-state index contributed by atoms with van der Waals surface area (Å²) in [6.07, 6.45) is 0.605. The van der Waals surface area contributed by atoms with E-state index in [4.69, 9.17) is 5.73 Å². The van der Waals surface area contributed by atoms with Gasteiger partial charge in [-0.25, -0.2) is 8.78 Å². The number of alkyl halides is 2. The normalized spacial score (nSPS) is 22.8. The highest BCUT2D eigenvalue weighted by molar-refractivity contribution is 5.57. The molecule has 0 atom stereocenters. The number of rotatable bonds is 4. The first-order chi connectivity index (χ1) is 9.47. The first kappa shape index (κ1) is 14.6. The highest BCUT2D eigenvalue weighted by atomic mass is 19.3. The quantitative estimate of drug-likeness (QED) is 0.657. The van der Waals surface area contributed by atoms with Crippen molar-refractivity contribution in [2.24, 2.45) is 5.73 Å². The number of nitro benzene ring substituents is 1. The van der Waals surface area contributed by atoms with Crippen molar-refractivity contribution in [2.75, 3.05) is 5.32 Å². The molecule has 7 heteroatoms. The predicted octanol–water partition coefficient (Wildman–Crippen LogP) is 3.21. The van der Waals surface area contributed by atoms with E-state index in [1.165, 1.54) is 12.1 Å². The Morgan fingerprint density at radius 2 is 1.95 bits per heavy atom. The largest absolute Gasteiger partial charge is 0.382 e. The van der Waals surface area contributed by atoms with E-state index in [0.29, 0.717) is 0 Å². The molecular weight excluding hydrogens is 268 g/mol. The van der Waals surface area contributed by atoms with E-state index in [-0.39, 0.29) is 29.0 Å². The van der Waals surface area contributed by atoms with Gasteiger partial charge in [0.1, 0.15) is 0 Å². The first-order valence-corrected chi connectivity index (χ1v) is 6.56. The molecule has 1 aliphatic carbocycles. The minimum absolute atomic E-state index is 0.0914. The lowest BCUT2D eigenvalue weighted by Gasteiger charge is -2.28. The van der Waals surface area contributed by atoms with E-state index in [1.807, 2.05) is 0 Å². The van der Waals surface area contributed by atoms with Gasteiger partial charge in [0.2, 0.25) is 0 Å². The van der Waals surface area contributed by atoms with E-state index < -0.39 is 11.3 Å². The number of hydrogen-bond donors (Lipinski definition) is 2. The van der Waals surface area contributed by atoms with Crippen molar-refractivity contribution < 1.29 is 13.7 Å². The molecule has 110 valence electrons. The van der Waals surface area contributed by atoms with Crippen LogP contribution in [0.15, 0.2) is 18.2 Å². The van der Waals surface area contributed by atoms with Crippen molar-refractivity contribution >= 4 is 11.4 Å². The highest BCUT2D eigenvalue weighted by Gasteiger charge is 2.22. The lowest BCUT2D eigenvalue weighted by molar-refractivity contribution is -0.385. The Hall–Kier alpha value is -1.76. The van der Waals surface area contributed by atoms with Gasteiger partial charge in [-0.15, -0.1) is 0 Å². The number of nitro groups is 1. The zero-order chi connectivity index (χ0) is 14.7. The molecule has 2 rings (SSSR count). The molecule has 0 heterocycles. The molecule has 0 aromatic heterocycles. The zero-order valence-corrected chi connectivity index (χ0v) is 10.9. The van der Waals surface area contributed by atoms with Crippen LogP contribution in [0, 0.1) is 10.1 Å². The third-order valence-electron chi connectivity index (χ3n) is 3.61. The number of non-ortho nitro benzene ring substituents is 1. The summed E-state index contributed by atoms with van der Waals surface area (Å²) in [6.45, 7) is 0. The van der Waals surface area contributed by atoms with Gasteiger partial charge in [-0.1, -0.05) is 0 Å². The molecule has 0 saturated heterocycles. The van der Waals surface area contributed by atoms with Crippen LogP contribution in [-0.2, 0) is 0 Å². The van der Waals surface area contributed by atoms with Crippen LogP contribution in [0.3, 0.4) is 0 Å². The maximum Gasteiger partial charge on any atom is 0.270 e. The van der Waals surface area contributed by atoms with E-state index in [0.717, 1.165) is 31.7 Å². The molecule has 20 heavy (non-hydrogen) atoms. The summed E-state index contributed by atoms with van der Waals surface area (Å²) in [5.74, 6) is 0. The van der Waals surface area contributed by atoms with Gasteiger partial charge >= 0.3 is 0 Å². The Balaban J connectivity index is 2.16. The molecule has 1 saturated carbocycles. The molecule has 0 aliphatic heterocycles. The van der Waals surface area contributed by atoms with Crippen molar-refractivity contribution in [1.82, 2.24) is 0 Å². The number of nitrogens with two attached hydrogens (primary N) is 1. The van der Waals surface area contributed by atoms with Gasteiger partial charge in [0.25, 0.3) is 12.1 Å². The molecule has 0 spiro atoms. The van der Waals surface area contributed by atoms with Crippen LogP contribution in [0.2, 0.25) is 0 Å². The van der Waals surface area contributed by atoms with Crippen molar-refractivity contribution in [2.45, 2.75) is 44.2 Å². The summed E-state index contributed by atoms with van der Waals surface area (Å²) in [5.41, 5.74) is 5.42. The van der Waals surface area contributed by atoms with Crippen molar-refractivity contribution in [3.05, 3.63) is 33.9 Å². The van der Waals surface area contributed by atoms with Crippen LogP contribution < -0.4 is 11.1 Å². The van der Waals surface area contributed by atoms with Gasteiger partial charge < -0.3 is 11.1 Å². The highest BCUT2D eigenvalue weighted by Crippen LogP contribution is 2.32. The topological polar surface area (TPSA) is 81.2 Å². The summed E-state index contributed by atoms with van der Waals surface area (Å²) >= 11 is 0. The molecule has 5 nitrogen and oxygen atoms in total. The molecule has 1 aromatic carbocycles. The predicted molar refractivity (Wildman–Crippen MR) is 71.9 cm³/mol. The van der Waals surface area contributed by atoms with E-state index in [1.54, 1.807) is 0 Å². The van der Waals surface area contributed by atoms with Gasteiger partial charge in [-0.05, 0) is 31.7 Å². The average molecular weight is 285 g/mol. The van der Waals surface area contributed by atoms with Crippen LogP contribution >= 0.6 is 0 Å². The minimum atomic E-state index is -2.75. The number of anilines is 1. The Morgan fingerprint density at radius 1 is 1.30 bits per heavy atom. The van der Waals surface area contributed by atoms with Crippen LogP contribution in [0.1, 0.15) is 37.7 Å². The lowest BCUT2D eigenvalue weighted by Crippen LogP contribution is -2.33. The minimum Gasteiger partial charge on any atom is -0.382 e. The van der Waals surface area contributed by atoms with Crippen molar-refractivity contribution in [3.63, 3.8) is 0 Å². The fourth-order valence-electron chi connectivity index (χ4n) is 2.46. The molecule has 0 bridgehead atoms. The molecule has 1 aliphatic rings. The molecular formula is C13H17F2N3O2. The summed E-state index contributed by atoms with van der Waals surface area (Å²) in [4.78, 5) is 9.97. The maximum atomic E-state index is 13.0. The second-order valence-corrected chi connectivity index (χ2v) is 5.09. The Bertz CT molecular complexity index is 489. The van der Waals surface area contributed by atoms with Gasteiger partial charge in [-0.3, -0.25) is 10.1 Å². The molecule has 0 amide bonds. The lowest BCUT2D eigenvalue weighted by atomic mass is 9.91. The monoisotopic (exact) mass is 285 g/mol. The average Bonchev–Trinajstić information content (AvgIpc) is 2.41. The fourth-order valence-corrected chi connectivity index (χ4v) is 2.46. The Morgan fingerprint density at radius 3 is 2.50 bits per heavy atom. The molecule has 1 fully saturated rings. The number of hydrogen-bond acceptors (Lipinski definition) is 4. The molecule has 0 unspecified atom stereocenters. The third-order valence-corrected chi connectivity index (χ3v) is 3.61.